The summed E-state index contributed by atoms with van der Waals surface area (Å²) in [5.74, 6) is -0.925. The molecule has 2 aromatic rings. The van der Waals surface area contributed by atoms with Gasteiger partial charge in [-0.3, -0.25) is 25.3 Å². The van der Waals surface area contributed by atoms with E-state index < -0.39 is 27.9 Å². The van der Waals surface area contributed by atoms with Crippen LogP contribution in [0.25, 0.3) is 0 Å². The highest BCUT2D eigenvalue weighted by molar-refractivity contribution is 7.89. The summed E-state index contributed by atoms with van der Waals surface area (Å²) in [4.78, 5) is 26.6. The van der Waals surface area contributed by atoms with Crippen molar-refractivity contribution >= 4 is 21.8 Å². The molecule has 2 heterocycles. The minimum Gasteiger partial charge on any atom is -0.368 e. The maximum Gasteiger partial charge on any atom is 0.269 e. The zero-order chi connectivity index (χ0) is 23.3. The van der Waals surface area contributed by atoms with Gasteiger partial charge in [0, 0.05) is 44.9 Å². The zero-order valence-electron chi connectivity index (χ0n) is 18.3. The van der Waals surface area contributed by atoms with Gasteiger partial charge < -0.3 is 4.74 Å². The molecular formula is C23H28N4O5S. The number of rotatable bonds is 6. The number of carbonyl (C=O) groups is 2. The molecule has 4 rings (SSSR count). The summed E-state index contributed by atoms with van der Waals surface area (Å²) < 4.78 is 32.8. The molecule has 2 aliphatic heterocycles. The maximum atomic E-state index is 13.0. The lowest BCUT2D eigenvalue weighted by Crippen LogP contribution is -2.48. The molecule has 10 heteroatoms. The predicted octanol–water partition coefficient (Wildman–Crippen LogP) is 1.13. The number of nitrogens with one attached hydrogen (secondary N) is 2. The van der Waals surface area contributed by atoms with Gasteiger partial charge in [-0.05, 0) is 42.7 Å². The Morgan fingerprint density at radius 1 is 0.939 bits per heavy atom. The van der Waals surface area contributed by atoms with Crippen molar-refractivity contribution in [3.8, 4) is 0 Å². The fourth-order valence-corrected chi connectivity index (χ4v) is 5.37. The van der Waals surface area contributed by atoms with E-state index in [9.17, 15) is 18.0 Å². The van der Waals surface area contributed by atoms with Gasteiger partial charge in [0.25, 0.3) is 11.8 Å². The summed E-state index contributed by atoms with van der Waals surface area (Å²) in [6.07, 6.45) is 0.879. The van der Waals surface area contributed by atoms with Crippen LogP contribution in [0.3, 0.4) is 0 Å². The molecule has 2 fully saturated rings. The third kappa shape index (κ3) is 5.77. The average Bonchev–Trinajstić information content (AvgIpc) is 3.39. The third-order valence-corrected chi connectivity index (χ3v) is 7.77. The second-order valence-electron chi connectivity index (χ2n) is 8.14. The van der Waals surface area contributed by atoms with Gasteiger partial charge in [-0.15, -0.1) is 0 Å². The van der Waals surface area contributed by atoms with Crippen molar-refractivity contribution < 1.29 is 22.7 Å². The molecule has 0 radical (unpaired) electrons. The van der Waals surface area contributed by atoms with Crippen LogP contribution in [0.15, 0.2) is 59.5 Å². The van der Waals surface area contributed by atoms with Crippen molar-refractivity contribution in [3.63, 3.8) is 0 Å². The molecule has 33 heavy (non-hydrogen) atoms. The Hall–Kier alpha value is -2.79. The maximum absolute atomic E-state index is 13.0. The summed E-state index contributed by atoms with van der Waals surface area (Å²) in [5, 5.41) is 0. The van der Waals surface area contributed by atoms with E-state index in [-0.39, 0.29) is 10.5 Å². The van der Waals surface area contributed by atoms with E-state index in [1.54, 1.807) is 0 Å². The number of piperazine rings is 1. The van der Waals surface area contributed by atoms with Crippen LogP contribution < -0.4 is 10.9 Å². The van der Waals surface area contributed by atoms with Crippen molar-refractivity contribution in [1.82, 2.24) is 20.1 Å². The zero-order valence-corrected chi connectivity index (χ0v) is 19.1. The number of benzene rings is 2. The highest BCUT2D eigenvalue weighted by Gasteiger charge is 2.29. The number of amides is 2. The van der Waals surface area contributed by atoms with Crippen LogP contribution in [-0.2, 0) is 26.1 Å². The summed E-state index contributed by atoms with van der Waals surface area (Å²) in [7, 11) is -3.65. The van der Waals surface area contributed by atoms with Gasteiger partial charge in [-0.1, -0.05) is 30.3 Å². The summed E-state index contributed by atoms with van der Waals surface area (Å²) in [6, 6.07) is 15.8. The Bertz CT molecular complexity index is 1060. The van der Waals surface area contributed by atoms with E-state index in [1.165, 1.54) is 34.1 Å². The van der Waals surface area contributed by atoms with Crippen molar-refractivity contribution in [2.24, 2.45) is 0 Å². The fraction of sp³-hybridized carbons (Fsp3) is 0.391. The number of nitrogens with zero attached hydrogens (tertiary/aromatic N) is 2. The first-order chi connectivity index (χ1) is 15.9. The molecular weight excluding hydrogens is 444 g/mol. The standard InChI is InChI=1S/C23H28N4O5S/c28-22(24-25-23(29)21-7-4-16-32-21)19-8-10-20(11-9-19)33(30,31)27-14-12-26(13-15-27)17-18-5-2-1-3-6-18/h1-3,5-6,8-11,21H,4,7,12-17H2,(H,24,28)(H,25,29). The van der Waals surface area contributed by atoms with E-state index >= 15 is 0 Å². The van der Waals surface area contributed by atoms with Gasteiger partial charge in [-0.25, -0.2) is 8.42 Å². The summed E-state index contributed by atoms with van der Waals surface area (Å²) >= 11 is 0. The molecule has 2 aromatic carbocycles. The lowest BCUT2D eigenvalue weighted by atomic mass is 10.2. The van der Waals surface area contributed by atoms with Gasteiger partial charge in [0.1, 0.15) is 6.10 Å². The largest absolute Gasteiger partial charge is 0.368 e. The van der Waals surface area contributed by atoms with Crippen LogP contribution in [0.2, 0.25) is 0 Å². The first-order valence-electron chi connectivity index (χ1n) is 11.0. The molecule has 0 aromatic heterocycles. The van der Waals surface area contributed by atoms with Crippen molar-refractivity contribution in [3.05, 3.63) is 65.7 Å². The van der Waals surface area contributed by atoms with Crippen LogP contribution in [0, 0.1) is 0 Å². The smallest absolute Gasteiger partial charge is 0.269 e. The number of sulfonamides is 1. The molecule has 2 amide bonds. The van der Waals surface area contributed by atoms with E-state index in [0.29, 0.717) is 39.2 Å². The first-order valence-corrected chi connectivity index (χ1v) is 12.5. The number of ether oxygens (including phenoxy) is 1. The first kappa shape index (κ1) is 23.4. The molecule has 2 N–H and O–H groups in total. The van der Waals surface area contributed by atoms with Gasteiger partial charge in [0.2, 0.25) is 10.0 Å². The summed E-state index contributed by atoms with van der Waals surface area (Å²) in [5.41, 5.74) is 6.13. The molecule has 2 saturated heterocycles. The SMILES string of the molecule is O=C(NNC(=O)C1CCCO1)c1ccc(S(=O)(=O)N2CCN(Cc3ccccc3)CC2)cc1. The molecule has 1 atom stereocenters. The van der Waals surface area contributed by atoms with E-state index in [1.807, 2.05) is 18.2 Å². The molecule has 0 spiro atoms. The lowest BCUT2D eigenvalue weighted by molar-refractivity contribution is -0.130. The molecule has 0 saturated carbocycles. The second-order valence-corrected chi connectivity index (χ2v) is 10.1. The Kier molecular flexibility index (Phi) is 7.39. The number of carbonyl (C=O) groups excluding carboxylic acids is 2. The van der Waals surface area contributed by atoms with Crippen LogP contribution in [0.5, 0.6) is 0 Å². The monoisotopic (exact) mass is 472 g/mol. The van der Waals surface area contributed by atoms with Gasteiger partial charge >= 0.3 is 0 Å². The van der Waals surface area contributed by atoms with Crippen LogP contribution in [-0.4, -0.2) is 68.3 Å². The Labute approximate surface area is 193 Å². The Balaban J connectivity index is 1.30. The van der Waals surface area contributed by atoms with Gasteiger partial charge in [0.15, 0.2) is 0 Å². The quantitative estimate of drug-likeness (QED) is 0.611. The highest BCUT2D eigenvalue weighted by atomic mass is 32.2. The van der Waals surface area contributed by atoms with Crippen LogP contribution in [0.4, 0.5) is 0 Å². The normalized spacial score (nSPS) is 19.8. The predicted molar refractivity (Wildman–Crippen MR) is 122 cm³/mol. The topological polar surface area (TPSA) is 108 Å². The van der Waals surface area contributed by atoms with E-state index in [2.05, 4.69) is 27.9 Å². The van der Waals surface area contributed by atoms with Crippen LogP contribution in [0.1, 0.15) is 28.8 Å². The third-order valence-electron chi connectivity index (χ3n) is 5.86. The molecule has 0 aliphatic carbocycles. The fourth-order valence-electron chi connectivity index (χ4n) is 3.95. The number of hydrazine groups is 1. The Morgan fingerprint density at radius 3 is 2.27 bits per heavy atom. The van der Waals surface area contributed by atoms with Crippen molar-refractivity contribution in [2.75, 3.05) is 32.8 Å². The average molecular weight is 473 g/mol. The van der Waals surface area contributed by atoms with Crippen molar-refractivity contribution in [2.45, 2.75) is 30.4 Å². The Morgan fingerprint density at radius 2 is 1.64 bits per heavy atom. The number of hydrogen-bond acceptors (Lipinski definition) is 6. The van der Waals surface area contributed by atoms with E-state index in [4.69, 9.17) is 4.74 Å². The summed E-state index contributed by atoms with van der Waals surface area (Å²) in [6.45, 7) is 3.45. The van der Waals surface area contributed by atoms with Gasteiger partial charge in [0.05, 0.1) is 4.90 Å². The highest BCUT2D eigenvalue weighted by Crippen LogP contribution is 2.19. The molecule has 2 aliphatic rings. The second kappa shape index (κ2) is 10.4. The lowest BCUT2D eigenvalue weighted by Gasteiger charge is -2.34. The molecule has 176 valence electrons. The molecule has 0 bridgehead atoms. The number of hydrogen-bond donors (Lipinski definition) is 2. The minimum atomic E-state index is -3.65. The molecule has 9 nitrogen and oxygen atoms in total. The minimum absolute atomic E-state index is 0.138. The van der Waals surface area contributed by atoms with Crippen molar-refractivity contribution in [1.29, 1.82) is 0 Å². The van der Waals surface area contributed by atoms with Gasteiger partial charge in [-0.2, -0.15) is 4.31 Å². The molecule has 1 unspecified atom stereocenters. The van der Waals surface area contributed by atoms with Crippen LogP contribution >= 0.6 is 0 Å². The van der Waals surface area contributed by atoms with E-state index in [0.717, 1.165) is 13.0 Å².